The molecule has 1 amide bonds. The highest BCUT2D eigenvalue weighted by Crippen LogP contribution is 2.49. The van der Waals surface area contributed by atoms with Gasteiger partial charge in [0.2, 0.25) is 5.91 Å². The van der Waals surface area contributed by atoms with E-state index in [2.05, 4.69) is 10.3 Å². The number of hydrogen-bond donors (Lipinski definition) is 2. The highest BCUT2D eigenvalue weighted by Gasteiger charge is 2.50. The maximum atomic E-state index is 12.5. The molecule has 3 fully saturated rings. The van der Waals surface area contributed by atoms with Gasteiger partial charge in [0.1, 0.15) is 0 Å². The standard InChI is InChI=1S/C16H20N2O3/c19-15(18-9-10-5-7-17-8-6-10)13-11-1-3-12(4-2-11)14(13)16(20)21/h5-8,11-14H,1-4,9H2,(H,18,19)(H,20,21)/t11?,12?,13-,14-/m1/s1. The van der Waals surface area contributed by atoms with E-state index in [-0.39, 0.29) is 23.7 Å². The van der Waals surface area contributed by atoms with Gasteiger partial charge in [-0.15, -0.1) is 0 Å². The zero-order chi connectivity index (χ0) is 14.8. The molecule has 0 saturated heterocycles. The third-order valence-corrected chi connectivity index (χ3v) is 5.02. The van der Waals surface area contributed by atoms with Crippen molar-refractivity contribution in [1.82, 2.24) is 10.3 Å². The molecule has 5 heteroatoms. The molecule has 0 aliphatic heterocycles. The summed E-state index contributed by atoms with van der Waals surface area (Å²) in [5.41, 5.74) is 0.978. The highest BCUT2D eigenvalue weighted by molar-refractivity contribution is 5.85. The largest absolute Gasteiger partial charge is 0.481 e. The van der Waals surface area contributed by atoms with Gasteiger partial charge in [-0.3, -0.25) is 14.6 Å². The zero-order valence-electron chi connectivity index (χ0n) is 11.9. The van der Waals surface area contributed by atoms with Crippen molar-refractivity contribution in [2.75, 3.05) is 0 Å². The quantitative estimate of drug-likeness (QED) is 0.886. The van der Waals surface area contributed by atoms with Crippen molar-refractivity contribution in [3.8, 4) is 0 Å². The Kier molecular flexibility index (Phi) is 3.90. The minimum Gasteiger partial charge on any atom is -0.481 e. The molecular formula is C16H20N2O3. The van der Waals surface area contributed by atoms with E-state index in [1.165, 1.54) is 0 Å². The van der Waals surface area contributed by atoms with Crippen molar-refractivity contribution in [2.45, 2.75) is 32.2 Å². The highest BCUT2D eigenvalue weighted by atomic mass is 16.4. The topological polar surface area (TPSA) is 79.3 Å². The summed E-state index contributed by atoms with van der Waals surface area (Å²) >= 11 is 0. The number of fused-ring (bicyclic) bond motifs is 3. The number of carboxylic acid groups (broad SMARTS) is 1. The number of rotatable bonds is 4. The molecule has 0 spiro atoms. The lowest BCUT2D eigenvalue weighted by atomic mass is 9.58. The lowest BCUT2D eigenvalue weighted by molar-refractivity contribution is -0.158. The number of carboxylic acids is 1. The molecule has 3 aliphatic carbocycles. The van der Waals surface area contributed by atoms with Gasteiger partial charge in [-0.1, -0.05) is 0 Å². The predicted molar refractivity (Wildman–Crippen MR) is 76.1 cm³/mol. The number of amides is 1. The van der Waals surface area contributed by atoms with Crippen LogP contribution in [0, 0.1) is 23.7 Å². The van der Waals surface area contributed by atoms with Crippen molar-refractivity contribution in [2.24, 2.45) is 23.7 Å². The molecule has 3 aliphatic rings. The first kappa shape index (κ1) is 14.0. The Morgan fingerprint density at radius 1 is 1.10 bits per heavy atom. The number of nitrogens with one attached hydrogen (secondary N) is 1. The number of hydrogen-bond acceptors (Lipinski definition) is 3. The molecule has 112 valence electrons. The second-order valence-corrected chi connectivity index (χ2v) is 6.14. The van der Waals surface area contributed by atoms with E-state index in [1.807, 2.05) is 12.1 Å². The summed E-state index contributed by atoms with van der Waals surface area (Å²) in [5.74, 6) is -1.38. The number of pyridine rings is 1. The summed E-state index contributed by atoms with van der Waals surface area (Å²) in [6, 6.07) is 3.70. The van der Waals surface area contributed by atoms with E-state index in [9.17, 15) is 14.7 Å². The van der Waals surface area contributed by atoms with Gasteiger partial charge < -0.3 is 10.4 Å². The third-order valence-electron chi connectivity index (χ3n) is 5.02. The van der Waals surface area contributed by atoms with Gasteiger partial charge in [0.25, 0.3) is 0 Å². The molecule has 2 N–H and O–H groups in total. The second kappa shape index (κ2) is 5.84. The summed E-state index contributed by atoms with van der Waals surface area (Å²) < 4.78 is 0. The molecule has 0 radical (unpaired) electrons. The van der Waals surface area contributed by atoms with Gasteiger partial charge >= 0.3 is 5.97 Å². The number of carbonyl (C=O) groups is 2. The minimum absolute atomic E-state index is 0.103. The number of aromatic nitrogens is 1. The first-order valence-electron chi connectivity index (χ1n) is 7.56. The van der Waals surface area contributed by atoms with Gasteiger partial charge in [0.05, 0.1) is 11.8 Å². The van der Waals surface area contributed by atoms with Crippen molar-refractivity contribution >= 4 is 11.9 Å². The van der Waals surface area contributed by atoms with Crippen molar-refractivity contribution in [3.63, 3.8) is 0 Å². The molecule has 3 saturated carbocycles. The molecule has 0 aromatic carbocycles. The van der Waals surface area contributed by atoms with E-state index in [4.69, 9.17) is 0 Å². The molecular weight excluding hydrogens is 268 g/mol. The van der Waals surface area contributed by atoms with E-state index in [1.54, 1.807) is 12.4 Å². The Labute approximate surface area is 123 Å². The Morgan fingerprint density at radius 3 is 2.24 bits per heavy atom. The fourth-order valence-electron chi connectivity index (χ4n) is 3.99. The minimum atomic E-state index is -0.812. The van der Waals surface area contributed by atoms with Gasteiger partial charge in [-0.2, -0.15) is 0 Å². The van der Waals surface area contributed by atoms with Crippen LogP contribution >= 0.6 is 0 Å². The molecule has 1 aromatic heterocycles. The molecule has 2 bridgehead atoms. The molecule has 0 unspecified atom stereocenters. The molecule has 1 heterocycles. The van der Waals surface area contributed by atoms with Gasteiger partial charge in [0, 0.05) is 18.9 Å². The van der Waals surface area contributed by atoms with E-state index < -0.39 is 11.9 Å². The smallest absolute Gasteiger partial charge is 0.307 e. The molecule has 5 nitrogen and oxygen atoms in total. The third kappa shape index (κ3) is 2.77. The Bertz CT molecular complexity index is 524. The average molecular weight is 288 g/mol. The van der Waals surface area contributed by atoms with Crippen LogP contribution in [0.25, 0.3) is 0 Å². The molecule has 21 heavy (non-hydrogen) atoms. The number of carbonyl (C=O) groups excluding carboxylic acids is 1. The Hall–Kier alpha value is -1.91. The first-order chi connectivity index (χ1) is 10.2. The van der Waals surface area contributed by atoms with Gasteiger partial charge in [-0.25, -0.2) is 0 Å². The van der Waals surface area contributed by atoms with Crippen LogP contribution in [0.5, 0.6) is 0 Å². The Morgan fingerprint density at radius 2 is 1.67 bits per heavy atom. The lowest BCUT2D eigenvalue weighted by Gasteiger charge is -2.45. The normalized spacial score (nSPS) is 30.9. The second-order valence-electron chi connectivity index (χ2n) is 6.14. The van der Waals surface area contributed by atoms with Crippen LogP contribution in [-0.2, 0) is 16.1 Å². The molecule has 2 atom stereocenters. The summed E-state index contributed by atoms with van der Waals surface area (Å²) in [5, 5.41) is 12.4. The SMILES string of the molecule is O=C(O)[C@@H]1C2CCC(CC2)[C@H]1C(=O)NCc1ccncc1. The summed E-state index contributed by atoms with van der Waals surface area (Å²) in [4.78, 5) is 28.0. The molecule has 1 aromatic rings. The van der Waals surface area contributed by atoms with Crippen LogP contribution in [0.1, 0.15) is 31.2 Å². The average Bonchev–Trinajstić information content (AvgIpc) is 2.53. The fourth-order valence-corrected chi connectivity index (χ4v) is 3.99. The van der Waals surface area contributed by atoms with Crippen molar-refractivity contribution in [1.29, 1.82) is 0 Å². The van der Waals surface area contributed by atoms with E-state index in [0.717, 1.165) is 31.2 Å². The van der Waals surface area contributed by atoms with Crippen LogP contribution in [0.3, 0.4) is 0 Å². The zero-order valence-corrected chi connectivity index (χ0v) is 11.9. The van der Waals surface area contributed by atoms with Gasteiger partial charge in [-0.05, 0) is 55.2 Å². The van der Waals surface area contributed by atoms with Crippen LogP contribution in [0.15, 0.2) is 24.5 Å². The van der Waals surface area contributed by atoms with Crippen molar-refractivity contribution in [3.05, 3.63) is 30.1 Å². The number of aliphatic carboxylic acids is 1. The first-order valence-corrected chi connectivity index (χ1v) is 7.56. The van der Waals surface area contributed by atoms with Crippen LogP contribution in [0.4, 0.5) is 0 Å². The van der Waals surface area contributed by atoms with Crippen LogP contribution < -0.4 is 5.32 Å². The molecule has 4 rings (SSSR count). The van der Waals surface area contributed by atoms with Gasteiger partial charge in [0.15, 0.2) is 0 Å². The summed E-state index contributed by atoms with van der Waals surface area (Å²) in [6.07, 6.45) is 7.25. The fraction of sp³-hybridized carbons (Fsp3) is 0.562. The monoisotopic (exact) mass is 288 g/mol. The number of nitrogens with zero attached hydrogens (tertiary/aromatic N) is 1. The van der Waals surface area contributed by atoms with E-state index >= 15 is 0 Å². The lowest BCUT2D eigenvalue weighted by Crippen LogP contribution is -2.50. The Balaban J connectivity index is 1.69. The summed E-state index contributed by atoms with van der Waals surface area (Å²) in [7, 11) is 0. The summed E-state index contributed by atoms with van der Waals surface area (Å²) in [6.45, 7) is 0.432. The van der Waals surface area contributed by atoms with Crippen LogP contribution in [0.2, 0.25) is 0 Å². The van der Waals surface area contributed by atoms with Crippen LogP contribution in [-0.4, -0.2) is 22.0 Å². The maximum absolute atomic E-state index is 12.5. The maximum Gasteiger partial charge on any atom is 0.307 e. The predicted octanol–water partition coefficient (Wildman–Crippen LogP) is 1.83. The van der Waals surface area contributed by atoms with E-state index in [0.29, 0.717) is 6.54 Å². The van der Waals surface area contributed by atoms with Crippen molar-refractivity contribution < 1.29 is 14.7 Å².